The maximum absolute atomic E-state index is 11.4. The molecule has 4 heteroatoms. The van der Waals surface area contributed by atoms with Crippen molar-refractivity contribution in [3.8, 4) is 0 Å². The predicted molar refractivity (Wildman–Crippen MR) is 105 cm³/mol. The lowest BCUT2D eigenvalue weighted by Gasteiger charge is -2.37. The number of carbonyl (C=O) groups is 1. The molecule has 0 aromatic heterocycles. The van der Waals surface area contributed by atoms with Crippen molar-refractivity contribution in [2.24, 2.45) is 0 Å². The summed E-state index contributed by atoms with van der Waals surface area (Å²) in [5.74, 6) is -0.926. The first-order valence-electron chi connectivity index (χ1n) is 8.38. The largest absolute Gasteiger partial charge is 0.480 e. The van der Waals surface area contributed by atoms with Gasteiger partial charge in [0.05, 0.1) is 12.1 Å². The van der Waals surface area contributed by atoms with Crippen LogP contribution in [0.25, 0.3) is 0 Å². The molecule has 0 fully saturated rings. The van der Waals surface area contributed by atoms with Gasteiger partial charge in [-0.3, -0.25) is 10.1 Å². The van der Waals surface area contributed by atoms with Crippen molar-refractivity contribution in [3.63, 3.8) is 0 Å². The third-order valence-corrected chi connectivity index (χ3v) is 4.80. The highest BCUT2D eigenvalue weighted by Gasteiger charge is 2.37. The van der Waals surface area contributed by atoms with Crippen molar-refractivity contribution in [3.05, 3.63) is 106 Å². The maximum Gasteiger partial charge on any atom is 0.317 e. The second-order valence-corrected chi connectivity index (χ2v) is 6.62. The molecule has 2 N–H and O–H groups in total. The summed E-state index contributed by atoms with van der Waals surface area (Å²) in [6.45, 7) is 1.82. The Morgan fingerprint density at radius 3 is 2.12 bits per heavy atom. The van der Waals surface area contributed by atoms with Gasteiger partial charge in [-0.05, 0) is 29.7 Å². The van der Waals surface area contributed by atoms with Gasteiger partial charge < -0.3 is 5.11 Å². The minimum Gasteiger partial charge on any atom is -0.480 e. The van der Waals surface area contributed by atoms with Gasteiger partial charge in [0.2, 0.25) is 0 Å². The van der Waals surface area contributed by atoms with Gasteiger partial charge in [0.25, 0.3) is 0 Å². The number of aryl methyl sites for hydroxylation is 1. The smallest absolute Gasteiger partial charge is 0.317 e. The molecule has 0 aliphatic carbocycles. The van der Waals surface area contributed by atoms with E-state index in [0.29, 0.717) is 5.02 Å². The lowest BCUT2D eigenvalue weighted by atomic mass is 9.76. The summed E-state index contributed by atoms with van der Waals surface area (Å²) in [4.78, 5) is 11.4. The molecule has 1 unspecified atom stereocenters. The van der Waals surface area contributed by atoms with Crippen molar-refractivity contribution in [2.45, 2.75) is 12.5 Å². The molecule has 0 amide bonds. The number of hydrogen-bond donors (Lipinski definition) is 2. The van der Waals surface area contributed by atoms with Crippen LogP contribution in [0.4, 0.5) is 0 Å². The van der Waals surface area contributed by atoms with Gasteiger partial charge in [-0.2, -0.15) is 0 Å². The van der Waals surface area contributed by atoms with Crippen LogP contribution < -0.4 is 5.32 Å². The Balaban J connectivity index is 2.32. The normalized spacial score (nSPS) is 13.2. The molecule has 0 saturated carbocycles. The molecule has 3 rings (SSSR count). The number of rotatable bonds is 6. The molecule has 1 atom stereocenters. The van der Waals surface area contributed by atoms with E-state index in [4.69, 9.17) is 11.6 Å². The van der Waals surface area contributed by atoms with Gasteiger partial charge >= 0.3 is 5.97 Å². The highest BCUT2D eigenvalue weighted by atomic mass is 35.5. The van der Waals surface area contributed by atoms with Gasteiger partial charge in [-0.1, -0.05) is 90.0 Å². The van der Waals surface area contributed by atoms with Crippen molar-refractivity contribution in [2.75, 3.05) is 6.54 Å². The lowest BCUT2D eigenvalue weighted by Crippen LogP contribution is -2.47. The van der Waals surface area contributed by atoms with Gasteiger partial charge in [0, 0.05) is 5.02 Å². The van der Waals surface area contributed by atoms with Crippen LogP contribution in [0.2, 0.25) is 5.02 Å². The van der Waals surface area contributed by atoms with Crippen LogP contribution in [0, 0.1) is 6.92 Å². The van der Waals surface area contributed by atoms with Crippen LogP contribution >= 0.6 is 11.6 Å². The Kier molecular flexibility index (Phi) is 5.40. The Morgan fingerprint density at radius 2 is 1.50 bits per heavy atom. The molecule has 0 bridgehead atoms. The number of aliphatic carboxylic acids is 1. The standard InChI is InChI=1S/C22H20ClNO2/c1-16-11-13-18(14-12-16)22(24-15-21(25)26,17-7-3-2-4-8-17)19-9-5-6-10-20(19)23/h2-14,24H,15H2,1H3,(H,25,26). The van der Waals surface area contributed by atoms with Gasteiger partial charge in [0.1, 0.15) is 0 Å². The highest BCUT2D eigenvalue weighted by Crippen LogP contribution is 2.40. The monoisotopic (exact) mass is 365 g/mol. The third kappa shape index (κ3) is 3.50. The summed E-state index contributed by atoms with van der Waals surface area (Å²) in [5.41, 5.74) is 2.94. The Labute approximate surface area is 158 Å². The first kappa shape index (κ1) is 18.2. The fraction of sp³-hybridized carbons (Fsp3) is 0.136. The zero-order valence-electron chi connectivity index (χ0n) is 14.4. The molecule has 3 aromatic rings. The zero-order chi connectivity index (χ0) is 18.6. The number of benzene rings is 3. The van der Waals surface area contributed by atoms with E-state index in [1.807, 2.05) is 85.8 Å². The molecule has 0 aliphatic rings. The summed E-state index contributed by atoms with van der Waals surface area (Å²) in [5, 5.41) is 13.2. The Hall–Kier alpha value is -2.62. The molecule has 3 aromatic carbocycles. The fourth-order valence-electron chi connectivity index (χ4n) is 3.24. The molecule has 3 nitrogen and oxygen atoms in total. The molecule has 0 spiro atoms. The molecule has 132 valence electrons. The fourth-order valence-corrected chi connectivity index (χ4v) is 3.52. The summed E-state index contributed by atoms with van der Waals surface area (Å²) < 4.78 is 0. The van der Waals surface area contributed by atoms with Crippen molar-refractivity contribution < 1.29 is 9.90 Å². The number of nitrogens with one attached hydrogen (secondary N) is 1. The second kappa shape index (κ2) is 7.73. The number of hydrogen-bond acceptors (Lipinski definition) is 2. The number of carboxylic acid groups (broad SMARTS) is 1. The Morgan fingerprint density at radius 1 is 0.923 bits per heavy atom. The molecular formula is C22H20ClNO2. The minimum atomic E-state index is -0.926. The molecule has 0 heterocycles. The summed E-state index contributed by atoms with van der Waals surface area (Å²) in [7, 11) is 0. The summed E-state index contributed by atoms with van der Waals surface area (Å²) >= 11 is 6.57. The first-order valence-corrected chi connectivity index (χ1v) is 8.76. The average Bonchev–Trinajstić information content (AvgIpc) is 2.65. The van der Waals surface area contributed by atoms with E-state index >= 15 is 0 Å². The van der Waals surface area contributed by atoms with E-state index in [2.05, 4.69) is 5.32 Å². The highest BCUT2D eigenvalue weighted by molar-refractivity contribution is 6.31. The first-order chi connectivity index (χ1) is 12.5. The van der Waals surface area contributed by atoms with E-state index in [0.717, 1.165) is 22.3 Å². The lowest BCUT2D eigenvalue weighted by molar-refractivity contribution is -0.136. The van der Waals surface area contributed by atoms with Gasteiger partial charge in [-0.15, -0.1) is 0 Å². The van der Waals surface area contributed by atoms with Crippen LogP contribution in [-0.2, 0) is 10.3 Å². The SMILES string of the molecule is Cc1ccc(C(NCC(=O)O)(c2ccccc2)c2ccccc2Cl)cc1. The molecule has 26 heavy (non-hydrogen) atoms. The van der Waals surface area contributed by atoms with E-state index in [9.17, 15) is 9.90 Å². The summed E-state index contributed by atoms with van der Waals surface area (Å²) in [6.07, 6.45) is 0. The van der Waals surface area contributed by atoms with Gasteiger partial charge in [0.15, 0.2) is 0 Å². The van der Waals surface area contributed by atoms with E-state index in [-0.39, 0.29) is 6.54 Å². The van der Waals surface area contributed by atoms with Crippen molar-refractivity contribution in [1.82, 2.24) is 5.32 Å². The topological polar surface area (TPSA) is 49.3 Å². The van der Waals surface area contributed by atoms with Crippen molar-refractivity contribution in [1.29, 1.82) is 0 Å². The second-order valence-electron chi connectivity index (χ2n) is 6.21. The van der Waals surface area contributed by atoms with E-state index in [1.54, 1.807) is 0 Å². The quantitative estimate of drug-likeness (QED) is 0.627. The predicted octanol–water partition coefficient (Wildman–Crippen LogP) is 4.61. The van der Waals surface area contributed by atoms with Crippen LogP contribution in [0.5, 0.6) is 0 Å². The van der Waals surface area contributed by atoms with E-state index < -0.39 is 11.5 Å². The molecule has 0 saturated heterocycles. The molecular weight excluding hydrogens is 346 g/mol. The third-order valence-electron chi connectivity index (χ3n) is 4.47. The zero-order valence-corrected chi connectivity index (χ0v) is 15.2. The number of carboxylic acids is 1. The minimum absolute atomic E-state index is 0.200. The average molecular weight is 366 g/mol. The molecule has 0 aliphatic heterocycles. The van der Waals surface area contributed by atoms with Crippen molar-refractivity contribution >= 4 is 17.6 Å². The number of halogens is 1. The maximum atomic E-state index is 11.4. The molecule has 0 radical (unpaired) electrons. The van der Waals surface area contributed by atoms with Crippen LogP contribution in [-0.4, -0.2) is 17.6 Å². The van der Waals surface area contributed by atoms with Crippen LogP contribution in [0.3, 0.4) is 0 Å². The summed E-state index contributed by atoms with van der Waals surface area (Å²) in [6, 6.07) is 25.4. The van der Waals surface area contributed by atoms with Crippen LogP contribution in [0.1, 0.15) is 22.3 Å². The Bertz CT molecular complexity index is 894. The van der Waals surface area contributed by atoms with Gasteiger partial charge in [-0.25, -0.2) is 0 Å². The van der Waals surface area contributed by atoms with Crippen LogP contribution in [0.15, 0.2) is 78.9 Å². The van der Waals surface area contributed by atoms with E-state index in [1.165, 1.54) is 0 Å².